The van der Waals surface area contributed by atoms with Crippen molar-refractivity contribution in [2.75, 3.05) is 0 Å². The molecule has 4 fully saturated rings. The summed E-state index contributed by atoms with van der Waals surface area (Å²) in [6, 6.07) is 0. The molecular weight excluding hydrogens is 308 g/mol. The fourth-order valence-corrected chi connectivity index (χ4v) is 9.11. The molecule has 4 rings (SSSR count). The van der Waals surface area contributed by atoms with Crippen molar-refractivity contribution >= 4 is 8.32 Å². The molecule has 0 N–H and O–H groups in total. The average molecular weight is 349 g/mol. The molecule has 0 bridgehead atoms. The molecule has 138 valence electrons. The van der Waals surface area contributed by atoms with Crippen LogP contribution < -0.4 is 0 Å². The predicted octanol–water partition coefficient (Wildman–Crippen LogP) is 6.64. The highest BCUT2D eigenvalue weighted by molar-refractivity contribution is 6.69. The van der Waals surface area contributed by atoms with Gasteiger partial charge in [0.2, 0.25) is 0 Å². The summed E-state index contributed by atoms with van der Waals surface area (Å²) >= 11 is 0. The zero-order valence-corrected chi connectivity index (χ0v) is 17.9. The van der Waals surface area contributed by atoms with Crippen LogP contribution in [0.5, 0.6) is 0 Å². The molecule has 4 aliphatic rings. The summed E-state index contributed by atoms with van der Waals surface area (Å²) in [4.78, 5) is 0. The van der Waals surface area contributed by atoms with E-state index >= 15 is 0 Å². The lowest BCUT2D eigenvalue weighted by Crippen LogP contribution is -2.54. The topological polar surface area (TPSA) is 9.23 Å². The minimum absolute atomic E-state index is 0.485. The van der Waals surface area contributed by atoms with E-state index in [0.29, 0.717) is 16.9 Å². The van der Waals surface area contributed by atoms with Gasteiger partial charge in [-0.2, -0.15) is 0 Å². The third kappa shape index (κ3) is 2.66. The summed E-state index contributed by atoms with van der Waals surface area (Å²) in [5, 5.41) is 0. The van der Waals surface area contributed by atoms with E-state index in [-0.39, 0.29) is 0 Å². The molecular formula is C22H40OSi. The van der Waals surface area contributed by atoms with Crippen LogP contribution in [0, 0.1) is 34.5 Å². The molecule has 0 aliphatic heterocycles. The summed E-state index contributed by atoms with van der Waals surface area (Å²) in [5.41, 5.74) is 1.17. The Balaban J connectivity index is 1.57. The zero-order chi connectivity index (χ0) is 17.2. The summed E-state index contributed by atoms with van der Waals surface area (Å²) in [7, 11) is -1.43. The van der Waals surface area contributed by atoms with Crippen LogP contribution >= 0.6 is 0 Å². The molecule has 24 heavy (non-hydrogen) atoms. The first kappa shape index (κ1) is 17.6. The van der Waals surface area contributed by atoms with Gasteiger partial charge in [0.15, 0.2) is 8.32 Å². The molecule has 0 radical (unpaired) electrons. The lowest BCUT2D eigenvalue weighted by molar-refractivity contribution is -0.118. The molecule has 4 saturated carbocycles. The van der Waals surface area contributed by atoms with E-state index in [1.54, 1.807) is 0 Å². The van der Waals surface area contributed by atoms with E-state index in [9.17, 15) is 0 Å². The minimum Gasteiger partial charge on any atom is -0.414 e. The third-order valence-corrected chi connectivity index (χ3v) is 9.98. The van der Waals surface area contributed by atoms with Crippen LogP contribution in [0.4, 0.5) is 0 Å². The van der Waals surface area contributed by atoms with Gasteiger partial charge in [-0.05, 0) is 106 Å². The molecule has 0 unspecified atom stereocenters. The van der Waals surface area contributed by atoms with Gasteiger partial charge < -0.3 is 4.43 Å². The molecule has 0 spiro atoms. The fourth-order valence-electron chi connectivity index (χ4n) is 7.87. The van der Waals surface area contributed by atoms with Gasteiger partial charge in [-0.25, -0.2) is 0 Å². The van der Waals surface area contributed by atoms with E-state index in [1.165, 1.54) is 64.2 Å². The van der Waals surface area contributed by atoms with E-state index in [2.05, 4.69) is 33.5 Å². The molecule has 0 amide bonds. The lowest BCUT2D eigenvalue weighted by Gasteiger charge is -2.60. The van der Waals surface area contributed by atoms with Crippen LogP contribution in [0.15, 0.2) is 0 Å². The monoisotopic (exact) mass is 348 g/mol. The van der Waals surface area contributed by atoms with Crippen LogP contribution in [0.3, 0.4) is 0 Å². The number of fused-ring (bicyclic) bond motifs is 5. The van der Waals surface area contributed by atoms with Gasteiger partial charge in [0, 0.05) is 0 Å². The van der Waals surface area contributed by atoms with Crippen molar-refractivity contribution in [1.29, 1.82) is 0 Å². The summed E-state index contributed by atoms with van der Waals surface area (Å²) < 4.78 is 6.72. The second-order valence-electron chi connectivity index (χ2n) is 11.2. The van der Waals surface area contributed by atoms with Crippen molar-refractivity contribution in [2.24, 2.45) is 34.5 Å². The maximum absolute atomic E-state index is 6.72. The van der Waals surface area contributed by atoms with Crippen molar-refractivity contribution in [3.05, 3.63) is 0 Å². The first-order valence-corrected chi connectivity index (χ1v) is 14.3. The van der Waals surface area contributed by atoms with Gasteiger partial charge in [0.1, 0.15) is 0 Å². The highest BCUT2D eigenvalue weighted by Crippen LogP contribution is 2.66. The van der Waals surface area contributed by atoms with Crippen LogP contribution in [-0.4, -0.2) is 14.4 Å². The molecule has 0 saturated heterocycles. The number of hydrogen-bond acceptors (Lipinski definition) is 1. The Labute approximate surface area is 151 Å². The Hall–Kier alpha value is 0.177. The van der Waals surface area contributed by atoms with Crippen molar-refractivity contribution in [3.8, 4) is 0 Å². The highest BCUT2D eigenvalue weighted by Gasteiger charge is 2.60. The van der Waals surface area contributed by atoms with Gasteiger partial charge in [0.05, 0.1) is 6.10 Å². The predicted molar refractivity (Wildman–Crippen MR) is 105 cm³/mol. The van der Waals surface area contributed by atoms with Crippen molar-refractivity contribution in [3.63, 3.8) is 0 Å². The summed E-state index contributed by atoms with van der Waals surface area (Å²) in [5.74, 6) is 4.04. The Morgan fingerprint density at radius 1 is 0.750 bits per heavy atom. The number of hydrogen-bond donors (Lipinski definition) is 0. The van der Waals surface area contributed by atoms with Crippen LogP contribution in [0.25, 0.3) is 0 Å². The second-order valence-corrected chi connectivity index (χ2v) is 15.7. The first-order valence-electron chi connectivity index (χ1n) is 10.9. The van der Waals surface area contributed by atoms with Gasteiger partial charge in [0.25, 0.3) is 0 Å². The summed E-state index contributed by atoms with van der Waals surface area (Å²) in [6.07, 6.45) is 15.4. The van der Waals surface area contributed by atoms with Gasteiger partial charge in [-0.3, -0.25) is 0 Å². The summed E-state index contributed by atoms with van der Waals surface area (Å²) in [6.45, 7) is 12.4. The number of rotatable bonds is 2. The molecule has 0 aromatic heterocycles. The molecule has 1 nitrogen and oxygen atoms in total. The maximum atomic E-state index is 6.72. The smallest absolute Gasteiger partial charge is 0.184 e. The minimum atomic E-state index is -1.43. The molecule has 0 heterocycles. The van der Waals surface area contributed by atoms with Crippen LogP contribution in [0.2, 0.25) is 19.6 Å². The van der Waals surface area contributed by atoms with E-state index in [0.717, 1.165) is 23.7 Å². The largest absolute Gasteiger partial charge is 0.414 e. The van der Waals surface area contributed by atoms with Crippen LogP contribution in [0.1, 0.15) is 78.1 Å². The first-order chi connectivity index (χ1) is 11.2. The Bertz CT molecular complexity index is 483. The van der Waals surface area contributed by atoms with Gasteiger partial charge >= 0.3 is 0 Å². The molecule has 0 aromatic rings. The molecule has 2 heteroatoms. The lowest BCUT2D eigenvalue weighted by atomic mass is 9.45. The van der Waals surface area contributed by atoms with Gasteiger partial charge in [-0.15, -0.1) is 0 Å². The Morgan fingerprint density at radius 2 is 1.50 bits per heavy atom. The highest BCUT2D eigenvalue weighted by atomic mass is 28.4. The SMILES string of the molecule is C[C@]12CCCC[C@@H]1CC[C@@H]1[C@@H]2CC[C@]2(C)[C@H](O[Si](C)(C)C)CC[C@@H]12. The van der Waals surface area contributed by atoms with Crippen molar-refractivity contribution in [1.82, 2.24) is 0 Å². The standard InChI is InChI=1S/C22H40OSi/c1-21-14-7-6-8-16(21)9-10-17-18-11-12-20(23-24(3,4)5)22(18,2)15-13-19(17)21/h16-20H,6-15H2,1-5H3/t16-,17+,18+,19+,20-,21+,22+/m1/s1. The van der Waals surface area contributed by atoms with E-state index < -0.39 is 8.32 Å². The van der Waals surface area contributed by atoms with Crippen LogP contribution in [-0.2, 0) is 4.43 Å². The third-order valence-electron chi connectivity index (χ3n) is 8.99. The molecule has 7 atom stereocenters. The maximum Gasteiger partial charge on any atom is 0.184 e. The normalized spacial score (nSPS) is 51.6. The van der Waals surface area contributed by atoms with E-state index in [4.69, 9.17) is 4.43 Å². The van der Waals surface area contributed by atoms with E-state index in [1.807, 2.05) is 0 Å². The van der Waals surface area contributed by atoms with Crippen molar-refractivity contribution in [2.45, 2.75) is 104 Å². The average Bonchev–Trinajstić information content (AvgIpc) is 2.82. The molecule has 0 aromatic carbocycles. The zero-order valence-electron chi connectivity index (χ0n) is 16.9. The second kappa shape index (κ2) is 5.84. The Morgan fingerprint density at radius 3 is 2.25 bits per heavy atom. The molecule has 4 aliphatic carbocycles. The Kier molecular flexibility index (Phi) is 4.28. The quantitative estimate of drug-likeness (QED) is 0.508. The fraction of sp³-hybridized carbons (Fsp3) is 1.00. The van der Waals surface area contributed by atoms with Crippen molar-refractivity contribution < 1.29 is 4.43 Å². The van der Waals surface area contributed by atoms with Gasteiger partial charge in [-0.1, -0.05) is 26.7 Å².